The van der Waals surface area contributed by atoms with Crippen molar-refractivity contribution in [3.63, 3.8) is 0 Å². The minimum absolute atomic E-state index is 0.0892. The summed E-state index contributed by atoms with van der Waals surface area (Å²) in [5.74, 6) is -1.25. The van der Waals surface area contributed by atoms with Crippen LogP contribution in [0.3, 0.4) is 0 Å². The summed E-state index contributed by atoms with van der Waals surface area (Å²) in [5, 5.41) is 56.6. The third-order valence-electron chi connectivity index (χ3n) is 11.8. The van der Waals surface area contributed by atoms with Crippen LogP contribution in [0.4, 0.5) is 0 Å². The van der Waals surface area contributed by atoms with Crippen LogP contribution in [0.15, 0.2) is 97.2 Å². The van der Waals surface area contributed by atoms with Crippen LogP contribution in [-0.4, -0.2) is 99.6 Å². The van der Waals surface area contributed by atoms with Gasteiger partial charge in [-0.2, -0.15) is 0 Å². The molecule has 0 bridgehead atoms. The van der Waals surface area contributed by atoms with Crippen molar-refractivity contribution in [1.82, 2.24) is 5.32 Å². The monoisotopic (exact) mass is 954 g/mol. The second-order valence-corrected chi connectivity index (χ2v) is 17.9. The van der Waals surface area contributed by atoms with Crippen LogP contribution in [0.1, 0.15) is 188 Å². The quantitative estimate of drug-likeness (QED) is 0.0150. The van der Waals surface area contributed by atoms with E-state index in [1.165, 1.54) is 38.5 Å². The van der Waals surface area contributed by atoms with E-state index >= 15 is 0 Å². The third kappa shape index (κ3) is 33.2. The first-order chi connectivity index (χ1) is 33.2. The van der Waals surface area contributed by atoms with Crippen molar-refractivity contribution >= 4 is 11.9 Å². The largest absolute Gasteiger partial charge is 0.454 e. The summed E-state index contributed by atoms with van der Waals surface area (Å²) < 4.78 is 17.5. The molecule has 11 heteroatoms. The maximum absolute atomic E-state index is 13.3. The van der Waals surface area contributed by atoms with Crippen LogP contribution in [0.5, 0.6) is 0 Å². The van der Waals surface area contributed by atoms with Crippen molar-refractivity contribution in [2.45, 2.75) is 237 Å². The molecule has 1 aliphatic heterocycles. The Morgan fingerprint density at radius 3 is 1.76 bits per heavy atom. The van der Waals surface area contributed by atoms with Crippen molar-refractivity contribution in [3.05, 3.63) is 97.2 Å². The first kappa shape index (κ1) is 62.6. The van der Waals surface area contributed by atoms with E-state index in [9.17, 15) is 35.1 Å². The van der Waals surface area contributed by atoms with Crippen molar-refractivity contribution in [3.8, 4) is 0 Å². The molecule has 0 aromatic carbocycles. The number of allylic oxidation sites excluding steroid dienone is 15. The Morgan fingerprint density at radius 1 is 0.603 bits per heavy atom. The van der Waals surface area contributed by atoms with Crippen LogP contribution in [0, 0.1) is 0 Å². The number of aliphatic hydroxyl groups is 5. The van der Waals surface area contributed by atoms with Gasteiger partial charge in [0.2, 0.25) is 5.91 Å². The predicted molar refractivity (Wildman–Crippen MR) is 278 cm³/mol. The van der Waals surface area contributed by atoms with Gasteiger partial charge in [-0.3, -0.25) is 9.59 Å². The molecule has 0 aromatic heterocycles. The molecule has 1 amide bonds. The van der Waals surface area contributed by atoms with Gasteiger partial charge < -0.3 is 45.1 Å². The van der Waals surface area contributed by atoms with Gasteiger partial charge in [-0.05, 0) is 77.0 Å². The number of carbonyl (C=O) groups is 2. The number of carbonyl (C=O) groups excluding carboxylic acids is 2. The summed E-state index contributed by atoms with van der Waals surface area (Å²) in [6.07, 6.45) is 47.4. The molecule has 0 aliphatic carbocycles. The summed E-state index contributed by atoms with van der Waals surface area (Å²) in [4.78, 5) is 26.4. The van der Waals surface area contributed by atoms with Gasteiger partial charge in [0.25, 0.3) is 0 Å². The second-order valence-electron chi connectivity index (χ2n) is 17.9. The van der Waals surface area contributed by atoms with E-state index in [2.05, 4.69) is 74.7 Å². The van der Waals surface area contributed by atoms with Crippen LogP contribution < -0.4 is 5.32 Å². The average molecular weight is 954 g/mol. The SMILES string of the molecule is CC/C=C/C=C/C=C/C=C\CCCCCCC(O)C(=O)NC(COC1OC(CO)C(O)C(O)C1OC(=O)CCCCCC/C=C/C/C=C/C/C=C/CC)C(O)/C=C/CCCCCCCCCCC. The standard InChI is InChI=1S/C57H95NO10/c1-4-7-10-13-16-19-22-24-26-29-32-35-38-41-44-50(61)56(65)58-48(49(60)43-40-37-34-31-28-21-18-15-12-9-6-3)47-66-57-55(54(64)53(63)51(46-59)67-57)68-52(62)45-42-39-36-33-30-27-25-23-20-17-14-11-8-5-2/h7-8,10-11,13,16-17,19-20,22,24-27,40,43,48-51,53-55,57,59-61,63-64H,4-6,9,12,14-15,18,21,23,28-39,41-42,44-47H2,1-3H3,(H,58,65)/b10-7+,11-8+,16-13+,20-17+,22-19+,26-24-,27-25+,43-40+. The lowest BCUT2D eigenvalue weighted by molar-refractivity contribution is -0.305. The van der Waals surface area contributed by atoms with Crippen molar-refractivity contribution in [2.24, 2.45) is 0 Å². The Morgan fingerprint density at radius 2 is 1.13 bits per heavy atom. The summed E-state index contributed by atoms with van der Waals surface area (Å²) in [6.45, 7) is 5.45. The molecule has 68 heavy (non-hydrogen) atoms. The molecule has 6 N–H and O–H groups in total. The number of unbranched alkanes of at least 4 members (excludes halogenated alkanes) is 17. The molecule has 0 aromatic rings. The third-order valence-corrected chi connectivity index (χ3v) is 11.8. The Bertz CT molecular complexity index is 1470. The van der Waals surface area contributed by atoms with Crippen molar-refractivity contribution in [2.75, 3.05) is 13.2 Å². The van der Waals surface area contributed by atoms with Gasteiger partial charge in [-0.25, -0.2) is 0 Å². The van der Waals surface area contributed by atoms with Crippen LogP contribution >= 0.6 is 0 Å². The lowest BCUT2D eigenvalue weighted by Crippen LogP contribution is -2.61. The Kier molecular flexibility index (Phi) is 41.2. The number of aliphatic hydroxyl groups excluding tert-OH is 5. The van der Waals surface area contributed by atoms with Gasteiger partial charge in [-0.1, -0.05) is 201 Å². The zero-order chi connectivity index (χ0) is 49.7. The van der Waals surface area contributed by atoms with Gasteiger partial charge in [0.15, 0.2) is 12.4 Å². The van der Waals surface area contributed by atoms with Gasteiger partial charge in [0.05, 0.1) is 25.4 Å². The molecule has 1 fully saturated rings. The molecular weight excluding hydrogens is 859 g/mol. The summed E-state index contributed by atoms with van der Waals surface area (Å²) in [5.41, 5.74) is 0. The number of amides is 1. The predicted octanol–water partition coefficient (Wildman–Crippen LogP) is 11.2. The van der Waals surface area contributed by atoms with E-state index in [4.69, 9.17) is 14.2 Å². The highest BCUT2D eigenvalue weighted by Gasteiger charge is 2.47. The summed E-state index contributed by atoms with van der Waals surface area (Å²) in [6, 6.07) is -1.04. The lowest BCUT2D eigenvalue weighted by Gasteiger charge is -2.41. The van der Waals surface area contributed by atoms with E-state index in [1.54, 1.807) is 6.08 Å². The number of nitrogens with one attached hydrogen (secondary N) is 1. The zero-order valence-electron chi connectivity index (χ0n) is 42.4. The molecule has 0 spiro atoms. The van der Waals surface area contributed by atoms with Gasteiger partial charge in [0.1, 0.15) is 24.4 Å². The topological polar surface area (TPSA) is 175 Å². The second kappa shape index (κ2) is 44.8. The van der Waals surface area contributed by atoms with Crippen LogP contribution in [-0.2, 0) is 23.8 Å². The molecule has 1 heterocycles. The number of hydrogen-bond acceptors (Lipinski definition) is 10. The molecule has 0 saturated carbocycles. The van der Waals surface area contributed by atoms with Gasteiger partial charge >= 0.3 is 5.97 Å². The number of esters is 1. The normalized spacial score (nSPS) is 20.7. The van der Waals surface area contributed by atoms with Gasteiger partial charge in [-0.15, -0.1) is 0 Å². The first-order valence-corrected chi connectivity index (χ1v) is 26.6. The molecule has 0 radical (unpaired) electrons. The first-order valence-electron chi connectivity index (χ1n) is 26.6. The fourth-order valence-electron chi connectivity index (χ4n) is 7.61. The molecule has 8 unspecified atom stereocenters. The molecule has 11 nitrogen and oxygen atoms in total. The maximum Gasteiger partial charge on any atom is 0.306 e. The average Bonchev–Trinajstić information content (AvgIpc) is 3.33. The highest BCUT2D eigenvalue weighted by molar-refractivity contribution is 5.80. The summed E-state index contributed by atoms with van der Waals surface area (Å²) >= 11 is 0. The molecule has 1 saturated heterocycles. The minimum atomic E-state index is -1.63. The Labute approximate surface area is 412 Å². The lowest BCUT2D eigenvalue weighted by atomic mass is 9.99. The maximum atomic E-state index is 13.3. The van der Waals surface area contributed by atoms with E-state index < -0.39 is 67.4 Å². The smallest absolute Gasteiger partial charge is 0.306 e. The number of hydrogen-bond donors (Lipinski definition) is 6. The fraction of sp³-hybridized carbons (Fsp3) is 0.684. The van der Waals surface area contributed by atoms with Gasteiger partial charge in [0, 0.05) is 6.42 Å². The van der Waals surface area contributed by atoms with E-state index in [0.717, 1.165) is 103 Å². The number of rotatable bonds is 42. The van der Waals surface area contributed by atoms with Crippen molar-refractivity contribution < 1.29 is 49.3 Å². The molecule has 8 atom stereocenters. The minimum Gasteiger partial charge on any atom is -0.454 e. The fourth-order valence-corrected chi connectivity index (χ4v) is 7.61. The molecule has 1 rings (SSSR count). The van der Waals surface area contributed by atoms with E-state index in [-0.39, 0.29) is 19.4 Å². The molecule has 388 valence electrons. The Balaban J connectivity index is 2.81. The highest BCUT2D eigenvalue weighted by atomic mass is 16.7. The number of ether oxygens (including phenoxy) is 3. The van der Waals surface area contributed by atoms with Crippen molar-refractivity contribution in [1.29, 1.82) is 0 Å². The van der Waals surface area contributed by atoms with E-state index in [0.29, 0.717) is 12.8 Å². The molecule has 1 aliphatic rings. The highest BCUT2D eigenvalue weighted by Crippen LogP contribution is 2.26. The molecular formula is C57H95NO10. The Hall–Kier alpha value is -3.42. The van der Waals surface area contributed by atoms with Crippen LogP contribution in [0.2, 0.25) is 0 Å². The van der Waals surface area contributed by atoms with E-state index in [1.807, 2.05) is 42.5 Å². The zero-order valence-corrected chi connectivity index (χ0v) is 42.4. The summed E-state index contributed by atoms with van der Waals surface area (Å²) in [7, 11) is 0. The van der Waals surface area contributed by atoms with Crippen LogP contribution in [0.25, 0.3) is 0 Å².